The van der Waals surface area contributed by atoms with Crippen molar-refractivity contribution >= 4 is 11.4 Å². The first-order valence-electron chi connectivity index (χ1n) is 10.5. The SMILES string of the molecule is CCCCN=C1C=CC=CC1C(C)C(C)C1C=CC=CC1=NCCCC. The maximum atomic E-state index is 4.90. The fourth-order valence-electron chi connectivity index (χ4n) is 3.69. The van der Waals surface area contributed by atoms with Crippen LogP contribution < -0.4 is 0 Å². The van der Waals surface area contributed by atoms with E-state index >= 15 is 0 Å². The van der Waals surface area contributed by atoms with Gasteiger partial charge < -0.3 is 0 Å². The fourth-order valence-corrected chi connectivity index (χ4v) is 3.69. The van der Waals surface area contributed by atoms with Crippen molar-refractivity contribution in [2.24, 2.45) is 33.7 Å². The molecule has 2 rings (SSSR count). The summed E-state index contributed by atoms with van der Waals surface area (Å²) in [5.41, 5.74) is 2.50. The molecule has 0 fully saturated rings. The summed E-state index contributed by atoms with van der Waals surface area (Å²) in [4.78, 5) is 9.80. The van der Waals surface area contributed by atoms with Crippen molar-refractivity contribution in [2.75, 3.05) is 13.1 Å². The maximum Gasteiger partial charge on any atom is 0.0419 e. The highest BCUT2D eigenvalue weighted by atomic mass is 14.7. The van der Waals surface area contributed by atoms with Crippen LogP contribution in [0.25, 0.3) is 0 Å². The lowest BCUT2D eigenvalue weighted by Crippen LogP contribution is -2.32. The Morgan fingerprint density at radius 1 is 0.731 bits per heavy atom. The van der Waals surface area contributed by atoms with Gasteiger partial charge in [-0.05, 0) is 36.8 Å². The zero-order valence-electron chi connectivity index (χ0n) is 17.1. The summed E-state index contributed by atoms with van der Waals surface area (Å²) in [7, 11) is 0. The van der Waals surface area contributed by atoms with Crippen LogP contribution in [0.1, 0.15) is 53.4 Å². The molecular weight excluding hydrogens is 316 g/mol. The molecule has 0 saturated carbocycles. The molecule has 0 bridgehead atoms. The summed E-state index contributed by atoms with van der Waals surface area (Å²) in [6, 6.07) is 0. The Balaban J connectivity index is 2.12. The molecule has 0 N–H and O–H groups in total. The van der Waals surface area contributed by atoms with Gasteiger partial charge in [0.2, 0.25) is 0 Å². The molecule has 2 aliphatic carbocycles. The topological polar surface area (TPSA) is 24.7 Å². The smallest absolute Gasteiger partial charge is 0.0419 e. The third-order valence-electron chi connectivity index (χ3n) is 5.65. The number of unbranched alkanes of at least 4 members (excludes halogenated alkanes) is 2. The van der Waals surface area contributed by atoms with Crippen LogP contribution in [0, 0.1) is 23.7 Å². The van der Waals surface area contributed by atoms with Gasteiger partial charge in [-0.25, -0.2) is 0 Å². The first kappa shape index (κ1) is 20.6. The molecular formula is C24H36N2. The van der Waals surface area contributed by atoms with Crippen LogP contribution in [0.3, 0.4) is 0 Å². The van der Waals surface area contributed by atoms with Gasteiger partial charge in [0.25, 0.3) is 0 Å². The molecule has 0 aromatic heterocycles. The predicted octanol–water partition coefficient (Wildman–Crippen LogP) is 6.23. The highest BCUT2D eigenvalue weighted by Crippen LogP contribution is 2.33. The minimum Gasteiger partial charge on any atom is -0.289 e. The first-order chi connectivity index (χ1) is 12.7. The molecule has 0 aromatic carbocycles. The van der Waals surface area contributed by atoms with Crippen LogP contribution in [-0.4, -0.2) is 24.5 Å². The van der Waals surface area contributed by atoms with Crippen LogP contribution in [0.5, 0.6) is 0 Å². The number of allylic oxidation sites excluding steroid dienone is 8. The third-order valence-corrected chi connectivity index (χ3v) is 5.65. The molecule has 2 nitrogen and oxygen atoms in total. The molecule has 4 atom stereocenters. The molecule has 0 heterocycles. The standard InChI is InChI=1S/C24H36N2/c1-5-7-17-25-23-15-11-9-13-21(23)19(3)20(4)22-14-10-12-16-24(22)26-18-8-6-2/h9-16,19-22H,5-8,17-18H2,1-4H3. The summed E-state index contributed by atoms with van der Waals surface area (Å²) < 4.78 is 0. The molecule has 2 heteroatoms. The summed E-state index contributed by atoms with van der Waals surface area (Å²) in [5, 5.41) is 0. The van der Waals surface area contributed by atoms with Crippen LogP contribution in [0.4, 0.5) is 0 Å². The molecule has 26 heavy (non-hydrogen) atoms. The van der Waals surface area contributed by atoms with Crippen LogP contribution in [0.15, 0.2) is 58.6 Å². The van der Waals surface area contributed by atoms with Gasteiger partial charge in [0.05, 0.1) is 0 Å². The Hall–Kier alpha value is -1.70. The normalized spacial score (nSPS) is 27.4. The van der Waals surface area contributed by atoms with Gasteiger partial charge in [0.15, 0.2) is 0 Å². The minimum absolute atomic E-state index is 0.406. The number of rotatable bonds is 9. The van der Waals surface area contributed by atoms with E-state index in [4.69, 9.17) is 9.98 Å². The molecule has 0 amide bonds. The average molecular weight is 353 g/mol. The molecule has 0 aromatic rings. The minimum atomic E-state index is 0.406. The molecule has 0 saturated heterocycles. The molecule has 2 aliphatic rings. The Morgan fingerprint density at radius 3 is 1.54 bits per heavy atom. The van der Waals surface area contributed by atoms with E-state index in [9.17, 15) is 0 Å². The van der Waals surface area contributed by atoms with Gasteiger partial charge in [-0.2, -0.15) is 0 Å². The zero-order chi connectivity index (χ0) is 18.8. The Kier molecular flexibility index (Phi) is 8.80. The lowest BCUT2D eigenvalue weighted by atomic mass is 9.72. The number of aliphatic imine (C=N–C) groups is 2. The summed E-state index contributed by atoms with van der Waals surface area (Å²) in [6.07, 6.45) is 22.4. The van der Waals surface area contributed by atoms with E-state index in [0.29, 0.717) is 23.7 Å². The summed E-state index contributed by atoms with van der Waals surface area (Å²) >= 11 is 0. The van der Waals surface area contributed by atoms with Gasteiger partial charge in [-0.3, -0.25) is 9.98 Å². The van der Waals surface area contributed by atoms with Gasteiger partial charge in [-0.15, -0.1) is 0 Å². The first-order valence-corrected chi connectivity index (χ1v) is 10.5. The molecule has 0 spiro atoms. The van der Waals surface area contributed by atoms with Gasteiger partial charge in [0.1, 0.15) is 0 Å². The van der Waals surface area contributed by atoms with E-state index in [1.54, 1.807) is 0 Å². The number of hydrogen-bond acceptors (Lipinski definition) is 2. The number of hydrogen-bond donors (Lipinski definition) is 0. The van der Waals surface area contributed by atoms with Crippen molar-refractivity contribution in [2.45, 2.75) is 53.4 Å². The van der Waals surface area contributed by atoms with E-state index in [1.165, 1.54) is 37.1 Å². The second-order valence-corrected chi connectivity index (χ2v) is 7.58. The van der Waals surface area contributed by atoms with E-state index in [1.807, 2.05) is 0 Å². The van der Waals surface area contributed by atoms with Crippen LogP contribution in [-0.2, 0) is 0 Å². The highest BCUT2D eigenvalue weighted by molar-refractivity contribution is 6.00. The van der Waals surface area contributed by atoms with E-state index in [0.717, 1.165) is 13.1 Å². The largest absolute Gasteiger partial charge is 0.289 e. The molecule has 0 radical (unpaired) electrons. The second-order valence-electron chi connectivity index (χ2n) is 7.58. The summed E-state index contributed by atoms with van der Waals surface area (Å²) in [6.45, 7) is 11.1. The van der Waals surface area contributed by atoms with E-state index in [2.05, 4.69) is 76.3 Å². The Labute approximate surface area is 160 Å². The van der Waals surface area contributed by atoms with Crippen molar-refractivity contribution in [3.05, 3.63) is 48.6 Å². The quantitative estimate of drug-likeness (QED) is 0.440. The van der Waals surface area contributed by atoms with Crippen molar-refractivity contribution in [3.63, 3.8) is 0 Å². The highest BCUT2D eigenvalue weighted by Gasteiger charge is 2.31. The van der Waals surface area contributed by atoms with Crippen molar-refractivity contribution in [3.8, 4) is 0 Å². The van der Waals surface area contributed by atoms with Crippen LogP contribution in [0.2, 0.25) is 0 Å². The van der Waals surface area contributed by atoms with Crippen molar-refractivity contribution in [1.82, 2.24) is 0 Å². The molecule has 142 valence electrons. The van der Waals surface area contributed by atoms with Gasteiger partial charge in [-0.1, -0.05) is 77.0 Å². The second kappa shape index (κ2) is 11.1. The lowest BCUT2D eigenvalue weighted by molar-refractivity contribution is 0.322. The predicted molar refractivity (Wildman–Crippen MR) is 116 cm³/mol. The van der Waals surface area contributed by atoms with Gasteiger partial charge in [0, 0.05) is 36.3 Å². The molecule has 0 aliphatic heterocycles. The number of nitrogens with zero attached hydrogens (tertiary/aromatic N) is 2. The maximum absolute atomic E-state index is 4.90. The summed E-state index contributed by atoms with van der Waals surface area (Å²) in [5.74, 6) is 1.86. The van der Waals surface area contributed by atoms with Gasteiger partial charge >= 0.3 is 0 Å². The van der Waals surface area contributed by atoms with Crippen molar-refractivity contribution in [1.29, 1.82) is 0 Å². The van der Waals surface area contributed by atoms with E-state index < -0.39 is 0 Å². The third kappa shape index (κ3) is 5.65. The van der Waals surface area contributed by atoms with E-state index in [-0.39, 0.29) is 0 Å². The van der Waals surface area contributed by atoms with Crippen LogP contribution >= 0.6 is 0 Å². The Bertz CT molecular complexity index is 550. The lowest BCUT2D eigenvalue weighted by Gasteiger charge is -2.33. The monoisotopic (exact) mass is 352 g/mol. The van der Waals surface area contributed by atoms with Crippen molar-refractivity contribution < 1.29 is 0 Å². The zero-order valence-corrected chi connectivity index (χ0v) is 17.1. The Morgan fingerprint density at radius 2 is 1.15 bits per heavy atom. The average Bonchev–Trinajstić information content (AvgIpc) is 2.68. The molecule has 4 unspecified atom stereocenters. The fraction of sp³-hybridized carbons (Fsp3) is 0.583.